The highest BCUT2D eigenvalue weighted by Crippen LogP contribution is 2.32. The zero-order valence-corrected chi connectivity index (χ0v) is 12.4. The SMILES string of the molecule is CNC(C)(CC(C)N(CC1CC1)C(C)C)C(=O)O. The molecule has 106 valence electrons. The highest BCUT2D eigenvalue weighted by molar-refractivity contribution is 5.78. The lowest BCUT2D eigenvalue weighted by Gasteiger charge is -2.37. The van der Waals surface area contributed by atoms with Crippen LogP contribution in [0.4, 0.5) is 0 Å². The summed E-state index contributed by atoms with van der Waals surface area (Å²) in [7, 11) is 1.72. The molecule has 2 unspecified atom stereocenters. The van der Waals surface area contributed by atoms with Crippen molar-refractivity contribution in [2.45, 2.75) is 64.6 Å². The van der Waals surface area contributed by atoms with Crippen LogP contribution in [0.15, 0.2) is 0 Å². The lowest BCUT2D eigenvalue weighted by atomic mass is 9.92. The fraction of sp³-hybridized carbons (Fsp3) is 0.929. The van der Waals surface area contributed by atoms with Gasteiger partial charge in [-0.2, -0.15) is 0 Å². The van der Waals surface area contributed by atoms with Gasteiger partial charge in [-0.05, 0) is 59.9 Å². The van der Waals surface area contributed by atoms with Crippen LogP contribution >= 0.6 is 0 Å². The molecule has 2 N–H and O–H groups in total. The van der Waals surface area contributed by atoms with E-state index in [1.165, 1.54) is 12.8 Å². The predicted octanol–water partition coefficient (Wildman–Crippen LogP) is 1.95. The van der Waals surface area contributed by atoms with Gasteiger partial charge in [0.1, 0.15) is 5.54 Å². The van der Waals surface area contributed by atoms with Gasteiger partial charge in [0.25, 0.3) is 0 Å². The van der Waals surface area contributed by atoms with E-state index in [0.717, 1.165) is 12.5 Å². The van der Waals surface area contributed by atoms with E-state index in [4.69, 9.17) is 0 Å². The van der Waals surface area contributed by atoms with Crippen LogP contribution < -0.4 is 5.32 Å². The summed E-state index contributed by atoms with van der Waals surface area (Å²) in [6.07, 6.45) is 3.29. The van der Waals surface area contributed by atoms with E-state index in [0.29, 0.717) is 12.5 Å². The van der Waals surface area contributed by atoms with E-state index in [1.807, 2.05) is 0 Å². The summed E-state index contributed by atoms with van der Waals surface area (Å²) in [5, 5.41) is 12.3. The zero-order valence-electron chi connectivity index (χ0n) is 12.4. The number of carbonyl (C=O) groups is 1. The Morgan fingerprint density at radius 2 is 2.00 bits per heavy atom. The number of nitrogens with one attached hydrogen (secondary N) is 1. The molecule has 2 atom stereocenters. The van der Waals surface area contributed by atoms with Crippen LogP contribution in [0.2, 0.25) is 0 Å². The Kier molecular flexibility index (Phi) is 5.17. The lowest BCUT2D eigenvalue weighted by molar-refractivity contribution is -0.144. The monoisotopic (exact) mass is 256 g/mol. The predicted molar refractivity (Wildman–Crippen MR) is 73.7 cm³/mol. The molecule has 1 saturated carbocycles. The summed E-state index contributed by atoms with van der Waals surface area (Å²) in [4.78, 5) is 13.8. The van der Waals surface area contributed by atoms with Gasteiger partial charge in [0.05, 0.1) is 0 Å². The van der Waals surface area contributed by atoms with Gasteiger partial charge >= 0.3 is 5.97 Å². The highest BCUT2D eigenvalue weighted by atomic mass is 16.4. The molecule has 0 aromatic heterocycles. The molecule has 0 radical (unpaired) electrons. The van der Waals surface area contributed by atoms with Crippen LogP contribution in [0.1, 0.15) is 47.0 Å². The van der Waals surface area contributed by atoms with Crippen molar-refractivity contribution >= 4 is 5.97 Å². The van der Waals surface area contributed by atoms with Crippen LogP contribution in [0.25, 0.3) is 0 Å². The first kappa shape index (κ1) is 15.4. The van der Waals surface area contributed by atoms with Crippen LogP contribution in [0.3, 0.4) is 0 Å². The average molecular weight is 256 g/mol. The third-order valence-corrected chi connectivity index (χ3v) is 4.12. The van der Waals surface area contributed by atoms with Crippen molar-refractivity contribution in [3.05, 3.63) is 0 Å². The minimum atomic E-state index is -0.837. The van der Waals surface area contributed by atoms with Gasteiger partial charge in [-0.1, -0.05) is 0 Å². The third kappa shape index (κ3) is 3.95. The Morgan fingerprint density at radius 3 is 2.33 bits per heavy atom. The second kappa shape index (κ2) is 6.02. The molecule has 0 aromatic carbocycles. The summed E-state index contributed by atoms with van der Waals surface area (Å²) >= 11 is 0. The summed E-state index contributed by atoms with van der Waals surface area (Å²) in [5.41, 5.74) is -0.837. The van der Waals surface area contributed by atoms with Gasteiger partial charge in [-0.25, -0.2) is 0 Å². The first-order chi connectivity index (χ1) is 8.30. The van der Waals surface area contributed by atoms with Crippen molar-refractivity contribution in [1.82, 2.24) is 10.2 Å². The largest absolute Gasteiger partial charge is 0.480 e. The van der Waals surface area contributed by atoms with Crippen LogP contribution in [0.5, 0.6) is 0 Å². The topological polar surface area (TPSA) is 52.6 Å². The second-order valence-electron chi connectivity index (χ2n) is 6.17. The number of aliphatic carboxylic acids is 1. The average Bonchev–Trinajstić information content (AvgIpc) is 3.08. The number of nitrogens with zero attached hydrogens (tertiary/aromatic N) is 1. The van der Waals surface area contributed by atoms with Crippen molar-refractivity contribution in [3.63, 3.8) is 0 Å². The molecule has 0 spiro atoms. The van der Waals surface area contributed by atoms with Crippen molar-refractivity contribution < 1.29 is 9.90 Å². The molecule has 1 rings (SSSR count). The van der Waals surface area contributed by atoms with Gasteiger partial charge in [0.2, 0.25) is 0 Å². The normalized spacial score (nSPS) is 21.1. The molecular weight excluding hydrogens is 228 g/mol. The molecule has 0 heterocycles. The van der Waals surface area contributed by atoms with Crippen LogP contribution in [-0.4, -0.2) is 47.2 Å². The molecule has 0 saturated heterocycles. The van der Waals surface area contributed by atoms with E-state index < -0.39 is 11.5 Å². The zero-order chi connectivity index (χ0) is 13.9. The molecule has 0 bridgehead atoms. The molecule has 0 aliphatic heterocycles. The molecule has 18 heavy (non-hydrogen) atoms. The van der Waals surface area contributed by atoms with Crippen LogP contribution in [-0.2, 0) is 4.79 Å². The number of hydrogen-bond acceptors (Lipinski definition) is 3. The van der Waals surface area contributed by atoms with E-state index in [9.17, 15) is 9.90 Å². The van der Waals surface area contributed by atoms with Crippen molar-refractivity contribution in [2.75, 3.05) is 13.6 Å². The first-order valence-corrected chi connectivity index (χ1v) is 6.98. The Balaban J connectivity index is 2.64. The van der Waals surface area contributed by atoms with E-state index in [-0.39, 0.29) is 6.04 Å². The van der Waals surface area contributed by atoms with Gasteiger partial charge in [-0.15, -0.1) is 0 Å². The second-order valence-corrected chi connectivity index (χ2v) is 6.17. The Bertz CT molecular complexity index is 290. The fourth-order valence-corrected chi connectivity index (χ4v) is 2.50. The summed E-state index contributed by atoms with van der Waals surface area (Å²) in [6, 6.07) is 0.745. The molecular formula is C14H28N2O2. The Morgan fingerprint density at radius 1 is 1.44 bits per heavy atom. The summed E-state index contributed by atoms with van der Waals surface area (Å²) in [6.45, 7) is 9.40. The standard InChI is InChI=1S/C14H28N2O2/c1-10(2)16(9-12-6-7-12)11(3)8-14(4,15-5)13(17)18/h10-12,15H,6-9H2,1-5H3,(H,17,18). The quantitative estimate of drug-likeness (QED) is 0.697. The lowest BCUT2D eigenvalue weighted by Crippen LogP contribution is -2.53. The molecule has 1 aliphatic rings. The molecule has 4 heteroatoms. The molecule has 4 nitrogen and oxygen atoms in total. The Hall–Kier alpha value is -0.610. The van der Waals surface area contributed by atoms with Crippen molar-refractivity contribution in [3.8, 4) is 0 Å². The fourth-order valence-electron chi connectivity index (χ4n) is 2.50. The minimum Gasteiger partial charge on any atom is -0.480 e. The maximum atomic E-state index is 11.3. The highest BCUT2D eigenvalue weighted by Gasteiger charge is 2.36. The molecule has 1 fully saturated rings. The van der Waals surface area contributed by atoms with Gasteiger partial charge < -0.3 is 10.4 Å². The van der Waals surface area contributed by atoms with Crippen molar-refractivity contribution in [1.29, 1.82) is 0 Å². The molecule has 0 aromatic rings. The number of carboxylic acids is 1. The number of rotatable bonds is 8. The number of carboxylic acid groups (broad SMARTS) is 1. The van der Waals surface area contributed by atoms with Gasteiger partial charge in [0.15, 0.2) is 0 Å². The molecule has 0 amide bonds. The van der Waals surface area contributed by atoms with Crippen LogP contribution in [0, 0.1) is 5.92 Å². The van der Waals surface area contributed by atoms with Gasteiger partial charge in [-0.3, -0.25) is 9.69 Å². The number of hydrogen-bond donors (Lipinski definition) is 2. The van der Waals surface area contributed by atoms with Gasteiger partial charge in [0, 0.05) is 18.6 Å². The van der Waals surface area contributed by atoms with Crippen molar-refractivity contribution in [2.24, 2.45) is 5.92 Å². The third-order valence-electron chi connectivity index (χ3n) is 4.12. The van der Waals surface area contributed by atoms with E-state index >= 15 is 0 Å². The molecule has 1 aliphatic carbocycles. The first-order valence-electron chi connectivity index (χ1n) is 6.98. The Labute approximate surface area is 111 Å². The summed E-state index contributed by atoms with van der Waals surface area (Å²) < 4.78 is 0. The number of likely N-dealkylation sites (N-methyl/N-ethyl adjacent to an activating group) is 1. The maximum Gasteiger partial charge on any atom is 0.323 e. The smallest absolute Gasteiger partial charge is 0.323 e. The van der Waals surface area contributed by atoms with E-state index in [2.05, 4.69) is 31.0 Å². The minimum absolute atomic E-state index is 0.277. The summed E-state index contributed by atoms with van der Waals surface area (Å²) in [5.74, 6) is 0.0625. The maximum absolute atomic E-state index is 11.3. The van der Waals surface area contributed by atoms with E-state index in [1.54, 1.807) is 14.0 Å².